The van der Waals surface area contributed by atoms with Crippen molar-refractivity contribution >= 4 is 38.9 Å². The molecular formula is C15H16BrClS. The van der Waals surface area contributed by atoms with Crippen molar-refractivity contribution in [1.82, 2.24) is 0 Å². The lowest BCUT2D eigenvalue weighted by Gasteiger charge is -2.11. The Balaban J connectivity index is 2.17. The number of rotatable bonds is 4. The smallest absolute Gasteiger partial charge is 0.0753 e. The number of thiophene rings is 1. The van der Waals surface area contributed by atoms with Crippen LogP contribution >= 0.6 is 38.9 Å². The highest BCUT2D eigenvalue weighted by Gasteiger charge is 2.15. The van der Waals surface area contributed by atoms with Crippen molar-refractivity contribution in [2.24, 2.45) is 5.92 Å². The lowest BCUT2D eigenvalue weighted by atomic mass is 10.0. The van der Waals surface area contributed by atoms with E-state index in [9.17, 15) is 0 Å². The van der Waals surface area contributed by atoms with Crippen LogP contribution in [0.1, 0.15) is 34.7 Å². The molecule has 0 bridgehead atoms. The van der Waals surface area contributed by atoms with Gasteiger partial charge in [0.25, 0.3) is 0 Å². The summed E-state index contributed by atoms with van der Waals surface area (Å²) in [6.07, 6.45) is 1.13. The van der Waals surface area contributed by atoms with Crippen LogP contribution in [0.4, 0.5) is 0 Å². The molecule has 1 aromatic carbocycles. The Morgan fingerprint density at radius 1 is 1.17 bits per heavy atom. The van der Waals surface area contributed by atoms with Crippen LogP contribution in [0.3, 0.4) is 0 Å². The summed E-state index contributed by atoms with van der Waals surface area (Å²) in [7, 11) is 0. The molecule has 0 N–H and O–H groups in total. The van der Waals surface area contributed by atoms with E-state index in [1.54, 1.807) is 11.3 Å². The summed E-state index contributed by atoms with van der Waals surface area (Å²) in [6.45, 7) is 4.49. The van der Waals surface area contributed by atoms with E-state index < -0.39 is 0 Å². The molecule has 0 aliphatic rings. The van der Waals surface area contributed by atoms with Crippen LogP contribution < -0.4 is 0 Å². The van der Waals surface area contributed by atoms with E-state index in [2.05, 4.69) is 54.0 Å². The van der Waals surface area contributed by atoms with Crippen LogP contribution in [0.25, 0.3) is 0 Å². The monoisotopic (exact) mass is 342 g/mol. The quantitative estimate of drug-likeness (QED) is 0.590. The Hall–Kier alpha value is -0.310. The second kappa shape index (κ2) is 6.23. The van der Waals surface area contributed by atoms with Gasteiger partial charge in [-0.1, -0.05) is 65.6 Å². The Bertz CT molecular complexity index is 501. The van der Waals surface area contributed by atoms with Gasteiger partial charge in [-0.15, -0.1) is 11.3 Å². The number of hydrogen-bond acceptors (Lipinski definition) is 1. The highest BCUT2D eigenvalue weighted by molar-refractivity contribution is 9.09. The third kappa shape index (κ3) is 3.37. The number of benzene rings is 1. The first-order valence-electron chi connectivity index (χ1n) is 6.03. The average molecular weight is 344 g/mol. The standard InChI is InChI=1S/C15H16BrClS/c1-10(2)9-11-3-5-12(6-4-11)14(16)15-13(17)7-8-18-15/h3-8,10,14H,9H2,1-2H3. The average Bonchev–Trinajstić information content (AvgIpc) is 2.75. The minimum Gasteiger partial charge on any atom is -0.146 e. The van der Waals surface area contributed by atoms with E-state index in [1.165, 1.54) is 16.0 Å². The van der Waals surface area contributed by atoms with Gasteiger partial charge in [-0.25, -0.2) is 0 Å². The Labute approximate surface area is 126 Å². The highest BCUT2D eigenvalue weighted by Crippen LogP contribution is 2.38. The van der Waals surface area contributed by atoms with E-state index in [0.29, 0.717) is 5.92 Å². The first kappa shape index (κ1) is 14.1. The van der Waals surface area contributed by atoms with Crippen LogP contribution in [0.5, 0.6) is 0 Å². The van der Waals surface area contributed by atoms with Gasteiger partial charge in [0.2, 0.25) is 0 Å². The van der Waals surface area contributed by atoms with Crippen molar-refractivity contribution in [1.29, 1.82) is 0 Å². The predicted octanol–water partition coefficient (Wildman–Crippen LogP) is 6.08. The molecular weight excluding hydrogens is 328 g/mol. The summed E-state index contributed by atoms with van der Waals surface area (Å²) in [4.78, 5) is 1.37. The molecule has 3 heteroatoms. The number of halogens is 2. The molecule has 2 aromatic rings. The fraction of sp³-hybridized carbons (Fsp3) is 0.333. The topological polar surface area (TPSA) is 0 Å². The molecule has 0 aliphatic carbocycles. The maximum absolute atomic E-state index is 6.17. The minimum atomic E-state index is 0.193. The van der Waals surface area contributed by atoms with Crippen molar-refractivity contribution in [2.75, 3.05) is 0 Å². The van der Waals surface area contributed by atoms with Gasteiger partial charge in [0.1, 0.15) is 0 Å². The van der Waals surface area contributed by atoms with Crippen molar-refractivity contribution in [3.63, 3.8) is 0 Å². The van der Waals surface area contributed by atoms with Crippen LogP contribution in [0, 0.1) is 5.92 Å². The van der Waals surface area contributed by atoms with Gasteiger partial charge in [0.05, 0.1) is 9.85 Å². The second-order valence-corrected chi connectivity index (χ2v) is 7.11. The predicted molar refractivity (Wildman–Crippen MR) is 85.1 cm³/mol. The largest absolute Gasteiger partial charge is 0.146 e. The maximum atomic E-state index is 6.17. The van der Waals surface area contributed by atoms with Crippen molar-refractivity contribution in [3.8, 4) is 0 Å². The first-order chi connectivity index (χ1) is 8.58. The normalized spacial score (nSPS) is 12.9. The summed E-state index contributed by atoms with van der Waals surface area (Å²) >= 11 is 11.6. The summed E-state index contributed by atoms with van der Waals surface area (Å²) in [5.41, 5.74) is 2.65. The van der Waals surface area contributed by atoms with Crippen LogP contribution in [-0.2, 0) is 6.42 Å². The molecule has 96 valence electrons. The first-order valence-corrected chi connectivity index (χ1v) is 8.21. The lowest BCUT2D eigenvalue weighted by Crippen LogP contribution is -1.95. The fourth-order valence-corrected chi connectivity index (χ4v) is 4.11. The van der Waals surface area contributed by atoms with Gasteiger partial charge in [0.15, 0.2) is 0 Å². The van der Waals surface area contributed by atoms with E-state index in [0.717, 1.165) is 11.4 Å². The zero-order chi connectivity index (χ0) is 13.1. The summed E-state index contributed by atoms with van der Waals surface area (Å²) in [5.74, 6) is 0.697. The molecule has 2 rings (SSSR count). The van der Waals surface area contributed by atoms with Crippen LogP contribution in [0.15, 0.2) is 35.7 Å². The molecule has 1 atom stereocenters. The molecule has 1 unspecified atom stereocenters. The Morgan fingerprint density at radius 3 is 2.33 bits per heavy atom. The lowest BCUT2D eigenvalue weighted by molar-refractivity contribution is 0.647. The van der Waals surface area contributed by atoms with Gasteiger partial charge in [-0.05, 0) is 34.9 Å². The van der Waals surface area contributed by atoms with Gasteiger partial charge in [0, 0.05) is 4.88 Å². The SMILES string of the molecule is CC(C)Cc1ccc(C(Br)c2sccc2Cl)cc1. The molecule has 0 spiro atoms. The summed E-state index contributed by atoms with van der Waals surface area (Å²) in [5, 5.41) is 2.87. The number of hydrogen-bond donors (Lipinski definition) is 0. The summed E-state index contributed by atoms with van der Waals surface area (Å²) in [6, 6.07) is 10.7. The molecule has 18 heavy (non-hydrogen) atoms. The summed E-state index contributed by atoms with van der Waals surface area (Å²) < 4.78 is 0. The molecule has 0 saturated heterocycles. The third-order valence-corrected chi connectivity index (χ3v) is 5.50. The van der Waals surface area contributed by atoms with Crippen molar-refractivity contribution in [3.05, 3.63) is 56.7 Å². The fourth-order valence-electron chi connectivity index (χ4n) is 1.93. The number of alkyl halides is 1. The molecule has 0 aliphatic heterocycles. The van der Waals surface area contributed by atoms with Crippen molar-refractivity contribution in [2.45, 2.75) is 25.1 Å². The molecule has 0 radical (unpaired) electrons. The van der Waals surface area contributed by atoms with Gasteiger partial charge >= 0.3 is 0 Å². The molecule has 0 nitrogen and oxygen atoms in total. The van der Waals surface area contributed by atoms with Gasteiger partial charge < -0.3 is 0 Å². The van der Waals surface area contributed by atoms with Crippen LogP contribution in [0.2, 0.25) is 5.02 Å². The van der Waals surface area contributed by atoms with Gasteiger partial charge in [-0.3, -0.25) is 0 Å². The molecule has 0 amide bonds. The van der Waals surface area contributed by atoms with E-state index in [-0.39, 0.29) is 4.83 Å². The van der Waals surface area contributed by atoms with E-state index in [4.69, 9.17) is 11.6 Å². The molecule has 1 aromatic heterocycles. The van der Waals surface area contributed by atoms with Crippen molar-refractivity contribution < 1.29 is 0 Å². The van der Waals surface area contributed by atoms with E-state index >= 15 is 0 Å². The Kier molecular flexibility index (Phi) is 4.88. The zero-order valence-corrected chi connectivity index (χ0v) is 13.6. The molecule has 1 heterocycles. The van der Waals surface area contributed by atoms with Crippen LogP contribution in [-0.4, -0.2) is 0 Å². The maximum Gasteiger partial charge on any atom is 0.0753 e. The second-order valence-electron chi connectivity index (χ2n) is 4.83. The Morgan fingerprint density at radius 2 is 1.83 bits per heavy atom. The van der Waals surface area contributed by atoms with Gasteiger partial charge in [-0.2, -0.15) is 0 Å². The minimum absolute atomic E-state index is 0.193. The zero-order valence-electron chi connectivity index (χ0n) is 10.5. The third-order valence-electron chi connectivity index (χ3n) is 2.79. The van der Waals surface area contributed by atoms with E-state index in [1.807, 2.05) is 11.4 Å². The highest BCUT2D eigenvalue weighted by atomic mass is 79.9. The molecule has 0 fully saturated rings. The molecule has 0 saturated carbocycles.